The second-order valence-corrected chi connectivity index (χ2v) is 12.3. The molecule has 0 radical (unpaired) electrons. The lowest BCUT2D eigenvalue weighted by atomic mass is 9.62. The summed E-state index contributed by atoms with van der Waals surface area (Å²) < 4.78 is 14.1. The molecule has 12 heteroatoms. The van der Waals surface area contributed by atoms with Gasteiger partial charge in [-0.1, -0.05) is 5.16 Å². The molecule has 0 saturated carbocycles. The summed E-state index contributed by atoms with van der Waals surface area (Å²) in [6.07, 6.45) is 10.8. The Morgan fingerprint density at radius 2 is 2.10 bits per heavy atom. The van der Waals surface area contributed by atoms with Crippen LogP contribution in [0.1, 0.15) is 72.7 Å². The fourth-order valence-corrected chi connectivity index (χ4v) is 8.21. The number of nitrogens with two attached hydrogens (primary N) is 1. The number of nitrogens with zero attached hydrogens (tertiary/aromatic N) is 8. The summed E-state index contributed by atoms with van der Waals surface area (Å²) >= 11 is 1.54. The molecular formula is C28H31N9O2S. The topological polar surface area (TPSA) is 145 Å². The third kappa shape index (κ3) is 3.90. The summed E-state index contributed by atoms with van der Waals surface area (Å²) in [5.74, 6) is 1.94. The normalized spacial score (nSPS) is 23.1. The Balaban J connectivity index is 1.33. The van der Waals surface area contributed by atoms with Crippen molar-refractivity contribution in [2.75, 3.05) is 19.3 Å². The number of nitriles is 1. The van der Waals surface area contributed by atoms with E-state index in [1.165, 1.54) is 11.2 Å². The molecule has 7 rings (SSSR count). The SMILES string of the molecule is C[C@H](Oc1cc(-n2cncn2)nc(-c2onc3c2CCC[C@@]32CCCc3sc(N)c(C#N)c32)n1)[C@@H]1CCCN1C. The summed E-state index contributed by atoms with van der Waals surface area (Å²) in [7, 11) is 2.13. The van der Waals surface area contributed by atoms with Crippen LogP contribution in [0.15, 0.2) is 23.2 Å². The first-order valence-corrected chi connectivity index (χ1v) is 14.7. The number of aryl methyl sites for hydroxylation is 1. The summed E-state index contributed by atoms with van der Waals surface area (Å²) in [6.45, 7) is 3.15. The highest BCUT2D eigenvalue weighted by Crippen LogP contribution is 2.54. The molecule has 0 aromatic carbocycles. The lowest BCUT2D eigenvalue weighted by molar-refractivity contribution is 0.117. The van der Waals surface area contributed by atoms with Crippen LogP contribution in [0.2, 0.25) is 0 Å². The lowest BCUT2D eigenvalue weighted by Crippen LogP contribution is -2.38. The minimum atomic E-state index is -0.382. The highest BCUT2D eigenvalue weighted by molar-refractivity contribution is 7.16. The van der Waals surface area contributed by atoms with Gasteiger partial charge in [0, 0.05) is 28.0 Å². The monoisotopic (exact) mass is 557 g/mol. The number of fused-ring (bicyclic) bond motifs is 4. The Kier molecular flexibility index (Phi) is 6.09. The van der Waals surface area contributed by atoms with E-state index < -0.39 is 0 Å². The molecule has 1 aliphatic heterocycles. The zero-order chi connectivity index (χ0) is 27.4. The van der Waals surface area contributed by atoms with Crippen LogP contribution in [0.3, 0.4) is 0 Å². The van der Waals surface area contributed by atoms with Crippen LogP contribution >= 0.6 is 11.3 Å². The first-order valence-electron chi connectivity index (χ1n) is 13.9. The maximum Gasteiger partial charge on any atom is 0.219 e. The third-order valence-corrected chi connectivity index (χ3v) is 9.93. The molecule has 11 nitrogen and oxygen atoms in total. The van der Waals surface area contributed by atoms with E-state index in [-0.39, 0.29) is 11.5 Å². The Morgan fingerprint density at radius 1 is 1.25 bits per heavy atom. The van der Waals surface area contributed by atoms with Crippen molar-refractivity contribution in [3.63, 3.8) is 0 Å². The van der Waals surface area contributed by atoms with Crippen LogP contribution in [0.25, 0.3) is 17.4 Å². The van der Waals surface area contributed by atoms with E-state index in [2.05, 4.69) is 40.2 Å². The van der Waals surface area contributed by atoms with Crippen LogP contribution in [0.4, 0.5) is 5.00 Å². The van der Waals surface area contributed by atoms with Gasteiger partial charge in [0.05, 0.1) is 11.3 Å². The van der Waals surface area contributed by atoms with Crippen molar-refractivity contribution >= 4 is 16.3 Å². The van der Waals surface area contributed by atoms with Gasteiger partial charge in [-0.05, 0) is 77.4 Å². The predicted octanol–water partition coefficient (Wildman–Crippen LogP) is 4.05. The van der Waals surface area contributed by atoms with Crippen LogP contribution in [-0.2, 0) is 18.3 Å². The van der Waals surface area contributed by atoms with Gasteiger partial charge in [-0.15, -0.1) is 11.3 Å². The molecule has 0 amide bonds. The number of ether oxygens (including phenoxy) is 1. The summed E-state index contributed by atoms with van der Waals surface area (Å²) in [5.41, 5.74) is 9.48. The van der Waals surface area contributed by atoms with Crippen LogP contribution in [0, 0.1) is 11.3 Å². The van der Waals surface area contributed by atoms with Gasteiger partial charge in [0.2, 0.25) is 17.5 Å². The molecular weight excluding hydrogens is 526 g/mol. The van der Waals surface area contributed by atoms with E-state index in [9.17, 15) is 5.26 Å². The first kappa shape index (κ1) is 25.2. The summed E-state index contributed by atoms with van der Waals surface area (Å²) in [5, 5.41) is 19.6. The second-order valence-electron chi connectivity index (χ2n) is 11.1. The number of hydrogen-bond acceptors (Lipinski definition) is 11. The van der Waals surface area contributed by atoms with E-state index in [4.69, 9.17) is 25.0 Å². The Hall–Kier alpha value is -3.82. The first-order chi connectivity index (χ1) is 19.5. The molecule has 1 saturated heterocycles. The van der Waals surface area contributed by atoms with Crippen molar-refractivity contribution in [2.45, 2.75) is 75.9 Å². The third-order valence-electron chi connectivity index (χ3n) is 8.85. The standard InChI is InChI=1S/C28H31N9O2S/c1-16(19-7-5-11-36(19)2)38-22-12-21(37-15-31-14-32-37)33-27(34-22)24-17-6-3-9-28(25(17)35-39-24)10-4-8-20-23(28)18(13-29)26(30)40-20/h12,14-16,19H,3-11,30H2,1-2H3/t16-,19-,28-/m0/s1. The molecule has 2 N–H and O–H groups in total. The number of anilines is 1. The number of aromatic nitrogens is 6. The van der Waals surface area contributed by atoms with Crippen LogP contribution < -0.4 is 10.5 Å². The van der Waals surface area contributed by atoms with Gasteiger partial charge < -0.3 is 15.0 Å². The molecule has 3 aliphatic rings. The number of nitrogen functional groups attached to an aromatic ring is 1. The van der Waals surface area contributed by atoms with E-state index in [0.717, 1.165) is 74.7 Å². The lowest BCUT2D eigenvalue weighted by Gasteiger charge is -2.39. The number of rotatable bonds is 5. The molecule has 40 heavy (non-hydrogen) atoms. The maximum atomic E-state index is 10.0. The second kappa shape index (κ2) is 9.67. The summed E-state index contributed by atoms with van der Waals surface area (Å²) in [4.78, 5) is 17.3. The van der Waals surface area contributed by atoms with Crippen molar-refractivity contribution < 1.29 is 9.26 Å². The molecule has 1 spiro atoms. The largest absolute Gasteiger partial charge is 0.473 e. The molecule has 0 bridgehead atoms. The fourth-order valence-electron chi connectivity index (χ4n) is 7.05. The van der Waals surface area contributed by atoms with Gasteiger partial charge in [-0.25, -0.2) is 14.6 Å². The Bertz CT molecular complexity index is 1600. The number of thiophene rings is 1. The number of likely N-dealkylation sites (tertiary alicyclic amines) is 1. The van der Waals surface area contributed by atoms with Crippen molar-refractivity contribution in [3.8, 4) is 29.4 Å². The van der Waals surface area contributed by atoms with Gasteiger partial charge in [-0.3, -0.25) is 4.90 Å². The van der Waals surface area contributed by atoms with Gasteiger partial charge in [0.25, 0.3) is 0 Å². The van der Waals surface area contributed by atoms with Crippen LogP contribution in [-0.4, -0.2) is 60.5 Å². The maximum absolute atomic E-state index is 10.0. The van der Waals surface area contributed by atoms with E-state index in [0.29, 0.717) is 39.9 Å². The molecule has 1 fully saturated rings. The molecule has 4 aromatic rings. The Morgan fingerprint density at radius 3 is 2.85 bits per heavy atom. The van der Waals surface area contributed by atoms with Crippen molar-refractivity contribution in [2.24, 2.45) is 0 Å². The van der Waals surface area contributed by atoms with Crippen molar-refractivity contribution in [1.82, 2.24) is 34.8 Å². The molecule has 5 heterocycles. The van der Waals surface area contributed by atoms with E-state index in [1.54, 1.807) is 28.4 Å². The minimum absolute atomic E-state index is 0.0557. The van der Waals surface area contributed by atoms with Crippen molar-refractivity contribution in [1.29, 1.82) is 5.26 Å². The highest BCUT2D eigenvalue weighted by Gasteiger charge is 2.48. The number of hydrogen-bond donors (Lipinski definition) is 1. The van der Waals surface area contributed by atoms with E-state index in [1.807, 2.05) is 0 Å². The van der Waals surface area contributed by atoms with Crippen LogP contribution in [0.5, 0.6) is 5.88 Å². The molecule has 4 aromatic heterocycles. The fraction of sp³-hybridized carbons (Fsp3) is 0.500. The average Bonchev–Trinajstić information content (AvgIpc) is 3.75. The van der Waals surface area contributed by atoms with Gasteiger partial charge in [-0.2, -0.15) is 15.3 Å². The zero-order valence-corrected chi connectivity index (χ0v) is 23.4. The minimum Gasteiger partial charge on any atom is -0.473 e. The predicted molar refractivity (Wildman–Crippen MR) is 148 cm³/mol. The van der Waals surface area contributed by atoms with Gasteiger partial charge in [0.1, 0.15) is 29.8 Å². The van der Waals surface area contributed by atoms with Gasteiger partial charge in [0.15, 0.2) is 5.82 Å². The van der Waals surface area contributed by atoms with Crippen molar-refractivity contribution in [3.05, 3.63) is 46.0 Å². The molecule has 3 atom stereocenters. The molecule has 206 valence electrons. The zero-order valence-electron chi connectivity index (χ0n) is 22.6. The summed E-state index contributed by atoms with van der Waals surface area (Å²) in [6, 6.07) is 4.49. The average molecular weight is 558 g/mol. The molecule has 2 aliphatic carbocycles. The molecule has 0 unspecified atom stereocenters. The highest BCUT2D eigenvalue weighted by atomic mass is 32.1. The smallest absolute Gasteiger partial charge is 0.219 e. The Labute approximate surface area is 236 Å². The number of likely N-dealkylation sites (N-methyl/N-ethyl adjacent to an activating group) is 1. The van der Waals surface area contributed by atoms with Gasteiger partial charge >= 0.3 is 0 Å². The van der Waals surface area contributed by atoms with E-state index >= 15 is 0 Å². The quantitative estimate of drug-likeness (QED) is 0.381.